The number of nitrogen functional groups attached to an aromatic ring is 1. The predicted molar refractivity (Wildman–Crippen MR) is 161 cm³/mol. The van der Waals surface area contributed by atoms with Crippen LogP contribution in [0.25, 0.3) is 28.0 Å². The SMILES string of the molecule is C=CC(=O)N1CCN(c2nc(=O)n(-c3c(C)ccnc3S(=O)(=O)C3CC3)c3nc(-c4c(N)cccc4F)c(F)cc23)[C@@H](C)C1. The van der Waals surface area contributed by atoms with Crippen molar-refractivity contribution in [3.05, 3.63) is 76.9 Å². The van der Waals surface area contributed by atoms with Crippen LogP contribution in [-0.2, 0) is 14.6 Å². The number of rotatable bonds is 6. The van der Waals surface area contributed by atoms with Crippen LogP contribution in [0.5, 0.6) is 0 Å². The molecule has 1 aliphatic heterocycles. The zero-order valence-electron chi connectivity index (χ0n) is 24.0. The lowest BCUT2D eigenvalue weighted by atomic mass is 10.1. The molecule has 14 heteroatoms. The molecule has 228 valence electrons. The molecule has 44 heavy (non-hydrogen) atoms. The van der Waals surface area contributed by atoms with E-state index in [1.807, 2.05) is 6.92 Å². The van der Waals surface area contributed by atoms with Crippen LogP contribution in [0.2, 0.25) is 0 Å². The standard InChI is InChI=1S/C30H29F2N7O4S/c1-4-23(40)37-12-13-38(17(3)15-37)27-19-14-21(32)25(24-20(31)6-5-7-22(24)33)35-28(19)39(30(41)36-27)26-16(2)10-11-34-29(26)44(42,43)18-8-9-18/h4-7,10-11,14,17-18H,1,8-9,12-13,15,33H2,2-3H3/t17-/m0/s1. The molecular weight excluding hydrogens is 592 g/mol. The summed E-state index contributed by atoms with van der Waals surface area (Å²) in [5.74, 6) is -1.91. The molecule has 1 saturated heterocycles. The van der Waals surface area contributed by atoms with Crippen molar-refractivity contribution in [3.63, 3.8) is 0 Å². The largest absolute Gasteiger partial charge is 0.398 e. The molecule has 0 bridgehead atoms. The summed E-state index contributed by atoms with van der Waals surface area (Å²) in [4.78, 5) is 42.6. The number of nitrogens with zero attached hydrogens (tertiary/aromatic N) is 6. The Bertz CT molecular complexity index is 2010. The first-order chi connectivity index (χ1) is 20.9. The highest BCUT2D eigenvalue weighted by atomic mass is 32.2. The van der Waals surface area contributed by atoms with Crippen molar-refractivity contribution in [2.45, 2.75) is 43.0 Å². The van der Waals surface area contributed by atoms with Crippen LogP contribution in [0, 0.1) is 18.6 Å². The summed E-state index contributed by atoms with van der Waals surface area (Å²) in [6.45, 7) is 7.80. The van der Waals surface area contributed by atoms with Gasteiger partial charge in [-0.3, -0.25) is 4.79 Å². The van der Waals surface area contributed by atoms with Crippen LogP contribution in [0.4, 0.5) is 20.3 Å². The molecule has 1 atom stereocenters. The molecule has 0 unspecified atom stereocenters. The van der Waals surface area contributed by atoms with Gasteiger partial charge >= 0.3 is 5.69 Å². The summed E-state index contributed by atoms with van der Waals surface area (Å²) in [5.41, 5.74) is 4.49. The molecule has 3 aromatic heterocycles. The highest BCUT2D eigenvalue weighted by molar-refractivity contribution is 7.92. The average molecular weight is 622 g/mol. The Morgan fingerprint density at radius 2 is 1.89 bits per heavy atom. The predicted octanol–water partition coefficient (Wildman–Crippen LogP) is 3.17. The zero-order chi connectivity index (χ0) is 31.5. The van der Waals surface area contributed by atoms with Crippen LogP contribution >= 0.6 is 0 Å². The van der Waals surface area contributed by atoms with E-state index in [0.717, 1.165) is 16.7 Å². The van der Waals surface area contributed by atoms with Gasteiger partial charge in [0, 0.05) is 37.6 Å². The lowest BCUT2D eigenvalue weighted by molar-refractivity contribution is -0.126. The molecule has 4 aromatic rings. The maximum Gasteiger partial charge on any atom is 0.355 e. The Morgan fingerprint density at radius 1 is 1.14 bits per heavy atom. The van der Waals surface area contributed by atoms with Gasteiger partial charge in [0.25, 0.3) is 0 Å². The van der Waals surface area contributed by atoms with E-state index in [0.29, 0.717) is 18.4 Å². The minimum atomic E-state index is -3.93. The lowest BCUT2D eigenvalue weighted by Crippen LogP contribution is -2.54. The topological polar surface area (TPSA) is 144 Å². The first kappa shape index (κ1) is 29.4. The summed E-state index contributed by atoms with van der Waals surface area (Å²) in [6, 6.07) is 6.17. The van der Waals surface area contributed by atoms with Crippen LogP contribution in [0.15, 0.2) is 59.0 Å². The smallest absolute Gasteiger partial charge is 0.355 e. The van der Waals surface area contributed by atoms with Crippen molar-refractivity contribution in [2.24, 2.45) is 0 Å². The number of benzene rings is 1. The van der Waals surface area contributed by atoms with Crippen molar-refractivity contribution < 1.29 is 22.0 Å². The molecule has 1 aliphatic carbocycles. The fourth-order valence-electron chi connectivity index (χ4n) is 5.64. The van der Waals surface area contributed by atoms with Crippen LogP contribution in [0.3, 0.4) is 0 Å². The second kappa shape index (κ2) is 10.8. The van der Waals surface area contributed by atoms with E-state index in [-0.39, 0.29) is 70.4 Å². The Kier molecular flexibility index (Phi) is 7.19. The molecule has 2 N–H and O–H groups in total. The molecule has 0 radical (unpaired) electrons. The Hall–Kier alpha value is -4.72. The number of halogens is 2. The molecule has 1 saturated carbocycles. The van der Waals surface area contributed by atoms with E-state index in [4.69, 9.17) is 5.73 Å². The Balaban J connectivity index is 1.66. The fraction of sp³-hybridized carbons (Fsp3) is 0.300. The fourth-order valence-corrected chi connectivity index (χ4v) is 7.44. The first-order valence-corrected chi connectivity index (χ1v) is 15.5. The van der Waals surface area contributed by atoms with Crippen LogP contribution < -0.4 is 16.3 Å². The second-order valence-corrected chi connectivity index (χ2v) is 13.1. The monoisotopic (exact) mass is 621 g/mol. The molecule has 2 fully saturated rings. The summed E-state index contributed by atoms with van der Waals surface area (Å²) in [7, 11) is -3.93. The number of fused-ring (bicyclic) bond motifs is 1. The highest BCUT2D eigenvalue weighted by Crippen LogP contribution is 2.38. The quantitative estimate of drug-likeness (QED) is 0.254. The first-order valence-electron chi connectivity index (χ1n) is 14.0. The normalized spacial score (nSPS) is 17.2. The van der Waals surface area contributed by atoms with Gasteiger partial charge in [-0.15, -0.1) is 0 Å². The molecule has 11 nitrogen and oxygen atoms in total. The number of hydrogen-bond donors (Lipinski definition) is 1. The number of anilines is 2. The summed E-state index contributed by atoms with van der Waals surface area (Å²) in [6.07, 6.45) is 3.48. The second-order valence-electron chi connectivity index (χ2n) is 11.0. The van der Waals surface area contributed by atoms with Crippen molar-refractivity contribution >= 4 is 38.3 Å². The van der Waals surface area contributed by atoms with E-state index >= 15 is 8.78 Å². The van der Waals surface area contributed by atoms with Gasteiger partial charge in [0.2, 0.25) is 15.7 Å². The molecule has 2 aliphatic rings. The van der Waals surface area contributed by atoms with Gasteiger partial charge in [-0.25, -0.2) is 36.5 Å². The van der Waals surface area contributed by atoms with Crippen molar-refractivity contribution in [2.75, 3.05) is 30.3 Å². The summed E-state index contributed by atoms with van der Waals surface area (Å²) >= 11 is 0. The van der Waals surface area contributed by atoms with Crippen molar-refractivity contribution in [3.8, 4) is 16.9 Å². The molecule has 1 aromatic carbocycles. The van der Waals surface area contributed by atoms with E-state index in [1.165, 1.54) is 24.4 Å². The molecule has 0 spiro atoms. The van der Waals surface area contributed by atoms with Gasteiger partial charge < -0.3 is 15.5 Å². The Morgan fingerprint density at radius 3 is 2.55 bits per heavy atom. The number of hydrogen-bond acceptors (Lipinski definition) is 9. The third-order valence-electron chi connectivity index (χ3n) is 8.02. The molecule has 1 amide bonds. The lowest BCUT2D eigenvalue weighted by Gasteiger charge is -2.40. The number of pyridine rings is 2. The Labute approximate surface area is 251 Å². The van der Waals surface area contributed by atoms with Gasteiger partial charge in [-0.1, -0.05) is 12.6 Å². The summed E-state index contributed by atoms with van der Waals surface area (Å²) in [5, 5.41) is -0.880. The number of carbonyl (C=O) groups excluding carboxylic acids is 1. The number of aromatic nitrogens is 4. The van der Waals surface area contributed by atoms with Crippen molar-refractivity contribution in [1.29, 1.82) is 0 Å². The van der Waals surface area contributed by atoms with E-state index in [2.05, 4.69) is 21.5 Å². The highest BCUT2D eigenvalue weighted by Gasteiger charge is 2.40. The van der Waals surface area contributed by atoms with Gasteiger partial charge in [0.1, 0.15) is 17.3 Å². The molecule has 4 heterocycles. The van der Waals surface area contributed by atoms with E-state index in [1.54, 1.807) is 22.8 Å². The molecule has 6 rings (SSSR count). The maximum atomic E-state index is 15.9. The van der Waals surface area contributed by atoms with Gasteiger partial charge in [-0.05, 0) is 62.6 Å². The van der Waals surface area contributed by atoms with Gasteiger partial charge in [0.05, 0.1) is 21.9 Å². The molecular formula is C30H29F2N7O4S. The summed E-state index contributed by atoms with van der Waals surface area (Å²) < 4.78 is 59.0. The van der Waals surface area contributed by atoms with Crippen molar-refractivity contribution in [1.82, 2.24) is 24.4 Å². The third kappa shape index (κ3) is 4.78. The van der Waals surface area contributed by atoms with Gasteiger partial charge in [0.15, 0.2) is 16.5 Å². The number of piperazine rings is 1. The minimum absolute atomic E-state index is 0.0607. The van der Waals surface area contributed by atoms with E-state index < -0.39 is 38.1 Å². The van der Waals surface area contributed by atoms with E-state index in [9.17, 15) is 18.0 Å². The number of nitrogens with two attached hydrogens (primary N) is 1. The number of sulfone groups is 1. The maximum absolute atomic E-state index is 15.9. The van der Waals surface area contributed by atoms with Gasteiger partial charge in [-0.2, -0.15) is 4.98 Å². The minimum Gasteiger partial charge on any atom is -0.398 e. The number of carbonyl (C=O) groups is 1. The number of aryl methyl sites for hydroxylation is 1. The average Bonchev–Trinajstić information content (AvgIpc) is 3.84. The zero-order valence-corrected chi connectivity index (χ0v) is 24.8. The number of amides is 1. The third-order valence-corrected chi connectivity index (χ3v) is 10.2. The van der Waals surface area contributed by atoms with Crippen LogP contribution in [-0.4, -0.2) is 69.7 Å². The van der Waals surface area contributed by atoms with Crippen LogP contribution in [0.1, 0.15) is 25.3 Å².